The van der Waals surface area contributed by atoms with E-state index in [-0.39, 0.29) is 11.8 Å². The first-order valence-corrected chi connectivity index (χ1v) is 9.70. The number of nitrogens with one attached hydrogen (secondary N) is 2. The fraction of sp³-hybridized carbons (Fsp3) is 0.550. The lowest BCUT2D eigenvalue weighted by Gasteiger charge is -2.17. The molecule has 0 atom stereocenters. The molecule has 0 aromatic heterocycles. The number of hydrogen-bond acceptors (Lipinski definition) is 3. The second-order valence-corrected chi connectivity index (χ2v) is 6.90. The van der Waals surface area contributed by atoms with Crippen LogP contribution in [0.3, 0.4) is 0 Å². The van der Waals surface area contributed by atoms with Crippen LogP contribution >= 0.6 is 0 Å². The van der Waals surface area contributed by atoms with Gasteiger partial charge in [-0.25, -0.2) is 0 Å². The fourth-order valence-corrected chi connectivity index (χ4v) is 3.60. The molecular weight excluding hydrogens is 328 g/mol. The molecule has 6 nitrogen and oxygen atoms in total. The molecule has 26 heavy (non-hydrogen) atoms. The third-order valence-electron chi connectivity index (χ3n) is 4.98. The molecule has 0 saturated heterocycles. The zero-order chi connectivity index (χ0) is 18.4. The Morgan fingerprint density at radius 2 is 1.77 bits per heavy atom. The zero-order valence-corrected chi connectivity index (χ0v) is 15.5. The van der Waals surface area contributed by atoms with E-state index < -0.39 is 0 Å². The van der Waals surface area contributed by atoms with Crippen molar-refractivity contribution >= 4 is 17.8 Å². The van der Waals surface area contributed by atoms with Gasteiger partial charge in [-0.15, -0.1) is 0 Å². The monoisotopic (exact) mass is 356 g/mol. The summed E-state index contributed by atoms with van der Waals surface area (Å²) in [7, 11) is 0. The number of carbonyl (C=O) groups excluding carboxylic acids is 2. The van der Waals surface area contributed by atoms with E-state index in [1.807, 2.05) is 0 Å². The van der Waals surface area contributed by atoms with Gasteiger partial charge in [-0.3, -0.25) is 19.5 Å². The van der Waals surface area contributed by atoms with Gasteiger partial charge in [0.1, 0.15) is 0 Å². The van der Waals surface area contributed by atoms with E-state index >= 15 is 0 Å². The molecule has 140 valence electrons. The van der Waals surface area contributed by atoms with E-state index in [0.29, 0.717) is 30.3 Å². The number of benzene rings is 1. The highest BCUT2D eigenvalue weighted by Crippen LogP contribution is 2.22. The molecule has 2 amide bonds. The lowest BCUT2D eigenvalue weighted by atomic mass is 10.1. The number of guanidine groups is 1. The summed E-state index contributed by atoms with van der Waals surface area (Å²) in [4.78, 5) is 30.6. The average molecular weight is 356 g/mol. The summed E-state index contributed by atoms with van der Waals surface area (Å²) in [5.74, 6) is 0.524. The smallest absolute Gasteiger partial charge is 0.261 e. The molecule has 1 aromatic rings. The number of carbonyl (C=O) groups is 2. The fourth-order valence-electron chi connectivity index (χ4n) is 3.60. The molecule has 2 N–H and O–H groups in total. The van der Waals surface area contributed by atoms with Crippen LogP contribution in [0.1, 0.15) is 66.2 Å². The van der Waals surface area contributed by atoms with E-state index in [0.717, 1.165) is 25.3 Å². The molecule has 0 bridgehead atoms. The number of nitrogens with zero attached hydrogens (tertiary/aromatic N) is 2. The predicted octanol–water partition coefficient (Wildman–Crippen LogP) is 2.56. The Labute approximate surface area is 155 Å². The summed E-state index contributed by atoms with van der Waals surface area (Å²) in [6.07, 6.45) is 6.61. The van der Waals surface area contributed by atoms with Gasteiger partial charge < -0.3 is 10.6 Å². The predicted molar refractivity (Wildman–Crippen MR) is 102 cm³/mol. The van der Waals surface area contributed by atoms with Crippen LogP contribution in [0.2, 0.25) is 0 Å². The second-order valence-electron chi connectivity index (χ2n) is 6.90. The third-order valence-corrected chi connectivity index (χ3v) is 4.98. The van der Waals surface area contributed by atoms with E-state index in [1.54, 1.807) is 24.3 Å². The van der Waals surface area contributed by atoms with Crippen LogP contribution in [0.25, 0.3) is 0 Å². The highest BCUT2D eigenvalue weighted by molar-refractivity contribution is 6.21. The van der Waals surface area contributed by atoms with Crippen LogP contribution in [0, 0.1) is 0 Å². The normalized spacial score (nSPS) is 17.7. The van der Waals surface area contributed by atoms with Crippen molar-refractivity contribution in [1.29, 1.82) is 0 Å². The molecule has 0 radical (unpaired) electrons. The topological polar surface area (TPSA) is 73.8 Å². The highest BCUT2D eigenvalue weighted by Gasteiger charge is 2.34. The standard InChI is InChI=1S/C20H28N4O2/c1-2-21-20(23-15-9-3-4-10-15)22-13-7-8-14-24-18(25)16-11-5-6-12-17(16)19(24)26/h5-6,11-12,15H,2-4,7-10,13-14H2,1H3,(H2,21,22,23). The lowest BCUT2D eigenvalue weighted by molar-refractivity contribution is 0.0652. The first-order chi connectivity index (χ1) is 12.7. The first kappa shape index (κ1) is 18.4. The first-order valence-electron chi connectivity index (χ1n) is 9.70. The van der Waals surface area contributed by atoms with Crippen LogP contribution in [-0.2, 0) is 0 Å². The summed E-state index contributed by atoms with van der Waals surface area (Å²) >= 11 is 0. The van der Waals surface area contributed by atoms with Crippen molar-refractivity contribution in [3.8, 4) is 0 Å². The van der Waals surface area contributed by atoms with E-state index in [4.69, 9.17) is 0 Å². The summed E-state index contributed by atoms with van der Waals surface area (Å²) in [6, 6.07) is 7.56. The molecule has 1 aliphatic carbocycles. The Kier molecular flexibility index (Phi) is 6.26. The van der Waals surface area contributed by atoms with Gasteiger partial charge >= 0.3 is 0 Å². The number of aliphatic imine (C=N–C) groups is 1. The van der Waals surface area contributed by atoms with Crippen LogP contribution in [0.15, 0.2) is 29.3 Å². The Hall–Kier alpha value is -2.37. The van der Waals surface area contributed by atoms with Gasteiger partial charge in [0.2, 0.25) is 0 Å². The minimum atomic E-state index is -0.176. The van der Waals surface area contributed by atoms with Crippen molar-refractivity contribution in [2.24, 2.45) is 4.99 Å². The van der Waals surface area contributed by atoms with Gasteiger partial charge in [0.25, 0.3) is 11.8 Å². The number of amides is 2. The lowest BCUT2D eigenvalue weighted by Crippen LogP contribution is -2.42. The molecule has 1 fully saturated rings. The molecule has 1 aromatic carbocycles. The molecule has 3 rings (SSSR count). The number of unbranched alkanes of at least 4 members (excludes halogenated alkanes) is 1. The van der Waals surface area contributed by atoms with E-state index in [1.165, 1.54) is 30.6 Å². The Bertz CT molecular complexity index is 645. The Morgan fingerprint density at radius 1 is 1.12 bits per heavy atom. The summed E-state index contributed by atoms with van der Waals surface area (Å²) < 4.78 is 0. The van der Waals surface area contributed by atoms with Gasteiger partial charge in [0.15, 0.2) is 5.96 Å². The summed E-state index contributed by atoms with van der Waals surface area (Å²) in [5, 5.41) is 6.78. The SMILES string of the molecule is CCNC(=NCCCCN1C(=O)c2ccccc2C1=O)NC1CCCC1. The van der Waals surface area contributed by atoms with Crippen LogP contribution in [0.5, 0.6) is 0 Å². The van der Waals surface area contributed by atoms with Gasteiger partial charge in [-0.05, 0) is 44.7 Å². The molecule has 1 heterocycles. The van der Waals surface area contributed by atoms with E-state index in [9.17, 15) is 9.59 Å². The zero-order valence-electron chi connectivity index (χ0n) is 15.5. The molecular formula is C20H28N4O2. The molecule has 6 heteroatoms. The quantitative estimate of drug-likeness (QED) is 0.341. The second kappa shape index (κ2) is 8.83. The number of hydrogen-bond donors (Lipinski definition) is 2. The molecule has 0 unspecified atom stereocenters. The van der Waals surface area contributed by atoms with Crippen molar-refractivity contribution in [1.82, 2.24) is 15.5 Å². The van der Waals surface area contributed by atoms with Crippen LogP contribution in [0.4, 0.5) is 0 Å². The minimum Gasteiger partial charge on any atom is -0.357 e. The van der Waals surface area contributed by atoms with Crippen molar-refractivity contribution in [2.45, 2.75) is 51.5 Å². The Morgan fingerprint density at radius 3 is 2.38 bits per heavy atom. The van der Waals surface area contributed by atoms with Crippen molar-refractivity contribution in [3.05, 3.63) is 35.4 Å². The maximum atomic E-state index is 12.3. The third kappa shape index (κ3) is 4.23. The molecule has 1 saturated carbocycles. The number of fused-ring (bicyclic) bond motifs is 1. The van der Waals surface area contributed by atoms with Crippen molar-refractivity contribution < 1.29 is 9.59 Å². The van der Waals surface area contributed by atoms with Crippen molar-refractivity contribution in [3.63, 3.8) is 0 Å². The number of rotatable bonds is 7. The van der Waals surface area contributed by atoms with Gasteiger partial charge in [0.05, 0.1) is 11.1 Å². The summed E-state index contributed by atoms with van der Waals surface area (Å²) in [5.41, 5.74) is 1.04. The van der Waals surface area contributed by atoms with Crippen LogP contribution < -0.4 is 10.6 Å². The molecule has 1 aliphatic heterocycles. The number of imide groups is 1. The van der Waals surface area contributed by atoms with Gasteiger partial charge in [0, 0.05) is 25.7 Å². The van der Waals surface area contributed by atoms with Crippen LogP contribution in [-0.4, -0.2) is 48.3 Å². The molecule has 0 spiro atoms. The molecule has 2 aliphatic rings. The maximum absolute atomic E-state index is 12.3. The van der Waals surface area contributed by atoms with Crippen molar-refractivity contribution in [2.75, 3.05) is 19.6 Å². The Balaban J connectivity index is 1.44. The minimum absolute atomic E-state index is 0.176. The van der Waals surface area contributed by atoms with Gasteiger partial charge in [-0.1, -0.05) is 25.0 Å². The van der Waals surface area contributed by atoms with E-state index in [2.05, 4.69) is 22.5 Å². The highest BCUT2D eigenvalue weighted by atomic mass is 16.2. The average Bonchev–Trinajstić information content (AvgIpc) is 3.24. The summed E-state index contributed by atoms with van der Waals surface area (Å²) in [6.45, 7) is 4.04. The maximum Gasteiger partial charge on any atom is 0.261 e. The largest absolute Gasteiger partial charge is 0.357 e. The van der Waals surface area contributed by atoms with Gasteiger partial charge in [-0.2, -0.15) is 0 Å².